The van der Waals surface area contributed by atoms with Crippen molar-refractivity contribution in [1.29, 1.82) is 0 Å². The van der Waals surface area contributed by atoms with E-state index in [1.807, 2.05) is 16.7 Å². The second-order valence-corrected chi connectivity index (χ2v) is 7.79. The average molecular weight is 339 g/mol. The summed E-state index contributed by atoms with van der Waals surface area (Å²) >= 11 is 1.82. The van der Waals surface area contributed by atoms with Gasteiger partial charge in [-0.2, -0.15) is 11.8 Å². The summed E-state index contributed by atoms with van der Waals surface area (Å²) in [5.74, 6) is 0.959. The van der Waals surface area contributed by atoms with Crippen molar-refractivity contribution in [2.24, 2.45) is 4.99 Å². The normalized spacial score (nSPS) is 19.1. The smallest absolute Gasteiger partial charge is 0.191 e. The molecule has 0 amide bonds. The minimum atomic E-state index is -0.266. The van der Waals surface area contributed by atoms with E-state index >= 15 is 0 Å². The SMILES string of the molecule is CN=C(NCC(C)(C)SC)NC1CCN(c2ncccc2F)C1. The number of aliphatic imine (C=N–C) groups is 1. The number of anilines is 1. The maximum atomic E-state index is 13.8. The molecule has 0 bridgehead atoms. The lowest BCUT2D eigenvalue weighted by Crippen LogP contribution is -2.47. The third kappa shape index (κ3) is 4.99. The molecule has 23 heavy (non-hydrogen) atoms. The Morgan fingerprint density at radius 3 is 3.00 bits per heavy atom. The molecule has 5 nitrogen and oxygen atoms in total. The number of nitrogens with zero attached hydrogens (tertiary/aromatic N) is 3. The highest BCUT2D eigenvalue weighted by molar-refractivity contribution is 7.99. The van der Waals surface area contributed by atoms with Gasteiger partial charge in [-0.15, -0.1) is 0 Å². The summed E-state index contributed by atoms with van der Waals surface area (Å²) < 4.78 is 14.0. The molecule has 0 aromatic carbocycles. The van der Waals surface area contributed by atoms with E-state index in [4.69, 9.17) is 0 Å². The van der Waals surface area contributed by atoms with Gasteiger partial charge in [-0.05, 0) is 38.7 Å². The standard InChI is InChI=1S/C16H26FN5S/c1-16(2,23-4)11-20-15(18-3)21-12-7-9-22(10-12)14-13(17)6-5-8-19-14/h5-6,8,12H,7,9-11H2,1-4H3,(H2,18,20,21). The minimum absolute atomic E-state index is 0.149. The number of nitrogens with one attached hydrogen (secondary N) is 2. The van der Waals surface area contributed by atoms with Gasteiger partial charge in [0.05, 0.1) is 0 Å². The molecule has 0 aliphatic carbocycles. The number of halogens is 1. The van der Waals surface area contributed by atoms with Crippen molar-refractivity contribution in [1.82, 2.24) is 15.6 Å². The van der Waals surface area contributed by atoms with Crippen LogP contribution in [-0.2, 0) is 0 Å². The fourth-order valence-corrected chi connectivity index (χ4v) is 2.65. The highest BCUT2D eigenvalue weighted by Gasteiger charge is 2.26. The molecule has 0 saturated carbocycles. The lowest BCUT2D eigenvalue weighted by atomic mass is 10.2. The fraction of sp³-hybridized carbons (Fsp3) is 0.625. The van der Waals surface area contributed by atoms with Crippen molar-refractivity contribution in [2.75, 3.05) is 37.8 Å². The zero-order chi connectivity index (χ0) is 16.9. The van der Waals surface area contributed by atoms with E-state index < -0.39 is 0 Å². The van der Waals surface area contributed by atoms with Crippen LogP contribution in [0.4, 0.5) is 10.2 Å². The summed E-state index contributed by atoms with van der Waals surface area (Å²) in [7, 11) is 1.77. The van der Waals surface area contributed by atoms with Gasteiger partial charge >= 0.3 is 0 Å². The first-order valence-corrected chi connectivity index (χ1v) is 9.05. The number of rotatable bonds is 5. The lowest BCUT2D eigenvalue weighted by Gasteiger charge is -2.25. The summed E-state index contributed by atoms with van der Waals surface area (Å²) in [6, 6.07) is 3.30. The van der Waals surface area contributed by atoms with Crippen LogP contribution in [0.25, 0.3) is 0 Å². The lowest BCUT2D eigenvalue weighted by molar-refractivity contribution is 0.609. The summed E-state index contributed by atoms with van der Waals surface area (Å²) in [6.45, 7) is 6.73. The van der Waals surface area contributed by atoms with Gasteiger partial charge in [0.15, 0.2) is 17.6 Å². The molecule has 2 N–H and O–H groups in total. The van der Waals surface area contributed by atoms with Gasteiger partial charge in [0.25, 0.3) is 0 Å². The number of pyridine rings is 1. The minimum Gasteiger partial charge on any atom is -0.355 e. The fourth-order valence-electron chi connectivity index (χ4n) is 2.44. The van der Waals surface area contributed by atoms with Gasteiger partial charge in [-0.25, -0.2) is 9.37 Å². The van der Waals surface area contributed by atoms with Crippen LogP contribution in [0.3, 0.4) is 0 Å². The second-order valence-electron chi connectivity index (χ2n) is 6.27. The molecule has 1 saturated heterocycles. The zero-order valence-electron chi connectivity index (χ0n) is 14.3. The van der Waals surface area contributed by atoms with E-state index in [-0.39, 0.29) is 16.6 Å². The topological polar surface area (TPSA) is 52.6 Å². The van der Waals surface area contributed by atoms with Crippen molar-refractivity contribution < 1.29 is 4.39 Å². The van der Waals surface area contributed by atoms with Crippen molar-refractivity contribution in [3.8, 4) is 0 Å². The molecule has 7 heteroatoms. The van der Waals surface area contributed by atoms with Crippen LogP contribution in [0, 0.1) is 5.82 Å². The Kier molecular flexibility index (Phi) is 6.10. The van der Waals surface area contributed by atoms with E-state index in [2.05, 4.69) is 40.7 Å². The second kappa shape index (κ2) is 7.86. The van der Waals surface area contributed by atoms with Crippen LogP contribution in [-0.4, -0.2) is 54.7 Å². The first-order valence-electron chi connectivity index (χ1n) is 7.83. The zero-order valence-corrected chi connectivity index (χ0v) is 15.1. The summed E-state index contributed by atoms with van der Waals surface area (Å²) in [5.41, 5.74) is 0. The predicted octanol–water partition coefficient (Wildman–Crippen LogP) is 2.11. The Balaban J connectivity index is 1.88. The van der Waals surface area contributed by atoms with Crippen molar-refractivity contribution in [3.63, 3.8) is 0 Å². The Hall–Kier alpha value is -1.50. The Morgan fingerprint density at radius 1 is 1.57 bits per heavy atom. The highest BCUT2D eigenvalue weighted by atomic mass is 32.2. The van der Waals surface area contributed by atoms with Crippen LogP contribution in [0.1, 0.15) is 20.3 Å². The average Bonchev–Trinajstić information content (AvgIpc) is 3.00. The Bertz CT molecular complexity index is 549. The summed E-state index contributed by atoms with van der Waals surface area (Å²) in [5, 5.41) is 6.78. The van der Waals surface area contributed by atoms with Crippen LogP contribution in [0.2, 0.25) is 0 Å². The van der Waals surface area contributed by atoms with Crippen LogP contribution in [0.15, 0.2) is 23.3 Å². The summed E-state index contributed by atoms with van der Waals surface area (Å²) in [6.07, 6.45) is 4.67. The van der Waals surface area contributed by atoms with Crippen LogP contribution < -0.4 is 15.5 Å². The maximum absolute atomic E-state index is 13.8. The first-order chi connectivity index (χ1) is 10.9. The number of aromatic nitrogens is 1. The van der Waals surface area contributed by atoms with Crippen LogP contribution >= 0.6 is 11.8 Å². The Morgan fingerprint density at radius 2 is 2.35 bits per heavy atom. The van der Waals surface area contributed by atoms with E-state index in [1.165, 1.54) is 6.07 Å². The van der Waals surface area contributed by atoms with Gasteiger partial charge in [-0.1, -0.05) is 0 Å². The molecule has 1 aromatic rings. The molecule has 1 unspecified atom stereocenters. The molecule has 0 spiro atoms. The third-order valence-corrected chi connectivity index (χ3v) is 5.27. The van der Waals surface area contributed by atoms with Gasteiger partial charge in [-0.3, -0.25) is 4.99 Å². The van der Waals surface area contributed by atoms with E-state index in [0.717, 1.165) is 32.0 Å². The van der Waals surface area contributed by atoms with Crippen molar-refractivity contribution in [2.45, 2.75) is 31.1 Å². The van der Waals surface area contributed by atoms with E-state index in [9.17, 15) is 4.39 Å². The molecule has 2 heterocycles. The van der Waals surface area contributed by atoms with E-state index in [1.54, 1.807) is 19.3 Å². The van der Waals surface area contributed by atoms with Crippen molar-refractivity contribution >= 4 is 23.5 Å². The molecule has 1 aromatic heterocycles. The number of hydrogen-bond donors (Lipinski definition) is 2. The summed E-state index contributed by atoms with van der Waals surface area (Å²) in [4.78, 5) is 10.4. The number of thioether (sulfide) groups is 1. The van der Waals surface area contributed by atoms with Crippen molar-refractivity contribution in [3.05, 3.63) is 24.1 Å². The molecular weight excluding hydrogens is 313 g/mol. The highest BCUT2D eigenvalue weighted by Crippen LogP contribution is 2.21. The van der Waals surface area contributed by atoms with E-state index in [0.29, 0.717) is 5.82 Å². The van der Waals surface area contributed by atoms with Gasteiger partial charge < -0.3 is 15.5 Å². The van der Waals surface area contributed by atoms with Gasteiger partial charge in [0, 0.05) is 43.7 Å². The maximum Gasteiger partial charge on any atom is 0.191 e. The third-order valence-electron chi connectivity index (χ3n) is 4.03. The first kappa shape index (κ1) is 17.8. The number of guanidine groups is 1. The predicted molar refractivity (Wildman–Crippen MR) is 96.9 cm³/mol. The molecule has 1 fully saturated rings. The monoisotopic (exact) mass is 339 g/mol. The molecule has 128 valence electrons. The number of hydrogen-bond acceptors (Lipinski definition) is 4. The Labute approximate surface area is 142 Å². The quantitative estimate of drug-likeness (QED) is 0.636. The molecule has 1 aliphatic rings. The molecule has 1 atom stereocenters. The van der Waals surface area contributed by atoms with Crippen LogP contribution in [0.5, 0.6) is 0 Å². The molecule has 1 aliphatic heterocycles. The van der Waals surface area contributed by atoms with Gasteiger partial charge in [0.1, 0.15) is 0 Å². The largest absolute Gasteiger partial charge is 0.355 e. The molecular formula is C16H26FN5S. The molecule has 0 radical (unpaired) electrons. The molecule has 2 rings (SSSR count). The van der Waals surface area contributed by atoms with Gasteiger partial charge in [0.2, 0.25) is 0 Å².